The SMILES string of the molecule is CCCC1(NOC)C(=O)C(C2=NS(=O)(=O)c3cc(NS(C)(=O)=O)ccc3N2)=C(O)c2ccccc21. The zero-order chi connectivity index (χ0) is 25.6. The van der Waals surface area contributed by atoms with Gasteiger partial charge >= 0.3 is 0 Å². The van der Waals surface area contributed by atoms with Gasteiger partial charge in [0.05, 0.1) is 19.1 Å². The second-order valence-corrected chi connectivity index (χ2v) is 11.5. The van der Waals surface area contributed by atoms with Gasteiger partial charge in [0.15, 0.2) is 11.6 Å². The van der Waals surface area contributed by atoms with Gasteiger partial charge in [0.1, 0.15) is 21.8 Å². The van der Waals surface area contributed by atoms with E-state index < -0.39 is 37.1 Å². The Balaban J connectivity index is 1.89. The fourth-order valence-corrected chi connectivity index (χ4v) is 6.06. The van der Waals surface area contributed by atoms with Gasteiger partial charge in [-0.3, -0.25) is 9.52 Å². The molecule has 2 aliphatic rings. The summed E-state index contributed by atoms with van der Waals surface area (Å²) in [5, 5.41) is 13.9. The first-order valence-corrected chi connectivity index (χ1v) is 13.9. The third-order valence-corrected chi connectivity index (χ3v) is 7.58. The van der Waals surface area contributed by atoms with Crippen LogP contribution < -0.4 is 15.5 Å². The minimum atomic E-state index is -4.36. The van der Waals surface area contributed by atoms with Crippen LogP contribution in [0.5, 0.6) is 0 Å². The molecule has 2 aromatic carbocycles. The zero-order valence-electron chi connectivity index (χ0n) is 19.1. The zero-order valence-corrected chi connectivity index (χ0v) is 20.7. The number of benzene rings is 2. The van der Waals surface area contributed by atoms with Gasteiger partial charge in [-0.25, -0.2) is 8.42 Å². The van der Waals surface area contributed by atoms with Crippen molar-refractivity contribution >= 4 is 48.8 Å². The van der Waals surface area contributed by atoms with Crippen LogP contribution in [-0.2, 0) is 35.2 Å². The van der Waals surface area contributed by atoms with E-state index >= 15 is 0 Å². The molecular formula is C22H24N4O7S2. The molecule has 1 aliphatic carbocycles. The summed E-state index contributed by atoms with van der Waals surface area (Å²) in [5.74, 6) is -1.38. The Morgan fingerprint density at radius 3 is 2.57 bits per heavy atom. The molecule has 0 amide bonds. The Hall–Kier alpha value is -3.26. The van der Waals surface area contributed by atoms with Gasteiger partial charge in [-0.2, -0.15) is 13.9 Å². The monoisotopic (exact) mass is 520 g/mol. The van der Waals surface area contributed by atoms with E-state index in [1.54, 1.807) is 24.3 Å². The van der Waals surface area contributed by atoms with Gasteiger partial charge < -0.3 is 15.3 Å². The van der Waals surface area contributed by atoms with E-state index in [9.17, 15) is 26.7 Å². The molecule has 1 unspecified atom stereocenters. The van der Waals surface area contributed by atoms with Crippen LogP contribution >= 0.6 is 0 Å². The molecule has 0 fully saturated rings. The van der Waals surface area contributed by atoms with E-state index in [-0.39, 0.29) is 27.7 Å². The number of nitrogens with zero attached hydrogens (tertiary/aromatic N) is 1. The van der Waals surface area contributed by atoms with Crippen LogP contribution in [0.15, 0.2) is 57.3 Å². The number of Topliss-reactive ketones (excluding diaryl/α,β-unsaturated/α-hetero) is 1. The Bertz CT molecular complexity index is 1490. The molecule has 186 valence electrons. The third kappa shape index (κ3) is 4.31. The van der Waals surface area contributed by atoms with E-state index in [2.05, 4.69) is 19.9 Å². The summed E-state index contributed by atoms with van der Waals surface area (Å²) in [4.78, 5) is 18.8. The van der Waals surface area contributed by atoms with E-state index in [1.165, 1.54) is 19.2 Å². The molecule has 13 heteroatoms. The summed E-state index contributed by atoms with van der Waals surface area (Å²) in [6, 6.07) is 10.6. The smallest absolute Gasteiger partial charge is 0.286 e. The van der Waals surface area contributed by atoms with Gasteiger partial charge in [-0.15, -0.1) is 4.40 Å². The Morgan fingerprint density at radius 1 is 1.20 bits per heavy atom. The number of anilines is 2. The summed E-state index contributed by atoms with van der Waals surface area (Å²) in [6.45, 7) is 1.88. The van der Waals surface area contributed by atoms with Crippen LogP contribution in [0.1, 0.15) is 30.9 Å². The number of hydrogen-bond donors (Lipinski definition) is 4. The highest BCUT2D eigenvalue weighted by Gasteiger charge is 2.49. The molecule has 0 saturated carbocycles. The lowest BCUT2D eigenvalue weighted by Gasteiger charge is -2.38. The Labute approximate surface area is 203 Å². The quantitative estimate of drug-likeness (QED) is 0.401. The van der Waals surface area contributed by atoms with E-state index in [0.717, 1.165) is 12.3 Å². The summed E-state index contributed by atoms with van der Waals surface area (Å²) < 4.78 is 55.2. The molecule has 0 aromatic heterocycles. The molecule has 2 aromatic rings. The van der Waals surface area contributed by atoms with E-state index in [1.807, 2.05) is 6.92 Å². The summed E-state index contributed by atoms with van der Waals surface area (Å²) in [5.41, 5.74) is 2.00. The first-order chi connectivity index (χ1) is 16.4. The fourth-order valence-electron chi connectivity index (χ4n) is 4.35. The van der Waals surface area contributed by atoms with Crippen LogP contribution in [0.2, 0.25) is 0 Å². The van der Waals surface area contributed by atoms with Crippen molar-refractivity contribution in [1.82, 2.24) is 5.48 Å². The fraction of sp³-hybridized carbons (Fsp3) is 0.273. The molecule has 0 radical (unpaired) electrons. The highest BCUT2D eigenvalue weighted by molar-refractivity contribution is 7.92. The van der Waals surface area contributed by atoms with E-state index in [0.29, 0.717) is 24.0 Å². The average molecular weight is 521 g/mol. The number of carbonyl (C=O) groups excluding carboxylic acids is 1. The number of ketones is 1. The van der Waals surface area contributed by atoms with Crippen LogP contribution in [0, 0.1) is 0 Å². The van der Waals surface area contributed by atoms with Crippen molar-refractivity contribution in [3.8, 4) is 0 Å². The van der Waals surface area contributed by atoms with Crippen LogP contribution in [0.3, 0.4) is 0 Å². The molecule has 1 aliphatic heterocycles. The number of sulfonamides is 2. The number of carbonyl (C=O) groups is 1. The average Bonchev–Trinajstić information content (AvgIpc) is 2.77. The van der Waals surface area contributed by atoms with Crippen LogP contribution in [-0.4, -0.2) is 46.9 Å². The van der Waals surface area contributed by atoms with Gasteiger partial charge in [-0.1, -0.05) is 37.6 Å². The molecule has 1 heterocycles. The van der Waals surface area contributed by atoms with Crippen molar-refractivity contribution in [1.29, 1.82) is 0 Å². The number of nitrogens with one attached hydrogen (secondary N) is 3. The normalized spacial score (nSPS) is 21.0. The minimum Gasteiger partial charge on any atom is -0.506 e. The van der Waals surface area contributed by atoms with Gasteiger partial charge in [0.25, 0.3) is 10.0 Å². The van der Waals surface area contributed by atoms with Crippen LogP contribution in [0.4, 0.5) is 11.4 Å². The van der Waals surface area contributed by atoms with Crippen molar-refractivity contribution in [3.05, 3.63) is 59.2 Å². The summed E-state index contributed by atoms with van der Waals surface area (Å²) in [6.07, 6.45) is 1.81. The maximum absolute atomic E-state index is 13.9. The molecule has 4 N–H and O–H groups in total. The molecule has 11 nitrogen and oxygen atoms in total. The number of hydrogen-bond acceptors (Lipinski definition) is 9. The Kier molecular flexibility index (Phi) is 6.21. The second-order valence-electron chi connectivity index (χ2n) is 8.18. The van der Waals surface area contributed by atoms with Gasteiger partial charge in [0, 0.05) is 11.3 Å². The van der Waals surface area contributed by atoms with Crippen molar-refractivity contribution in [3.63, 3.8) is 0 Å². The number of fused-ring (bicyclic) bond motifs is 2. The van der Waals surface area contributed by atoms with E-state index in [4.69, 9.17) is 4.84 Å². The topological polar surface area (TPSA) is 163 Å². The number of aliphatic hydroxyl groups excluding tert-OH is 1. The number of amidine groups is 1. The van der Waals surface area contributed by atoms with Crippen LogP contribution in [0.25, 0.3) is 5.76 Å². The van der Waals surface area contributed by atoms with Crippen molar-refractivity contribution in [2.24, 2.45) is 4.40 Å². The maximum atomic E-state index is 13.9. The lowest BCUT2D eigenvalue weighted by molar-refractivity contribution is -0.129. The first kappa shape index (κ1) is 24.9. The molecule has 35 heavy (non-hydrogen) atoms. The number of hydroxylamine groups is 1. The van der Waals surface area contributed by atoms with Crippen molar-refractivity contribution in [2.45, 2.75) is 30.2 Å². The maximum Gasteiger partial charge on any atom is 0.286 e. The standard InChI is InChI=1S/C22H24N4O7S2/c1-4-11-22(26-33-2)15-8-6-5-7-14(15)19(27)18(20(22)28)21-23-16-10-9-13(24-34(3,29)30)12-17(16)35(31,32)25-21/h5-10,12,24,26-27H,4,11H2,1-3H3,(H,23,25). The minimum absolute atomic E-state index is 0.0336. The number of rotatable bonds is 7. The second kappa shape index (κ2) is 8.75. The predicted molar refractivity (Wildman–Crippen MR) is 131 cm³/mol. The molecule has 1 atom stereocenters. The lowest BCUT2D eigenvalue weighted by Crippen LogP contribution is -2.53. The third-order valence-electron chi connectivity index (χ3n) is 5.66. The first-order valence-electron chi connectivity index (χ1n) is 10.6. The molecular weight excluding hydrogens is 496 g/mol. The molecule has 0 spiro atoms. The number of aliphatic hydroxyl groups is 1. The molecule has 0 saturated heterocycles. The Morgan fingerprint density at radius 2 is 1.91 bits per heavy atom. The summed E-state index contributed by atoms with van der Waals surface area (Å²) in [7, 11) is -6.64. The van der Waals surface area contributed by atoms with Gasteiger partial charge in [0.2, 0.25) is 10.0 Å². The highest BCUT2D eigenvalue weighted by Crippen LogP contribution is 2.42. The lowest BCUT2D eigenvalue weighted by atomic mass is 9.72. The summed E-state index contributed by atoms with van der Waals surface area (Å²) >= 11 is 0. The highest BCUT2D eigenvalue weighted by atomic mass is 32.2. The van der Waals surface area contributed by atoms with Gasteiger partial charge in [-0.05, 0) is 30.2 Å². The molecule has 0 bridgehead atoms. The molecule has 4 rings (SSSR count). The predicted octanol–water partition coefficient (Wildman–Crippen LogP) is 2.27. The van der Waals surface area contributed by atoms with Crippen molar-refractivity contribution in [2.75, 3.05) is 23.4 Å². The largest absolute Gasteiger partial charge is 0.506 e. The van der Waals surface area contributed by atoms with Crippen molar-refractivity contribution < 1.29 is 31.6 Å².